The topological polar surface area (TPSA) is 112 Å². The average molecular weight is 647 g/mol. The number of hydrogen-bond acceptors (Lipinski definition) is 6. The van der Waals surface area contributed by atoms with Gasteiger partial charge in [-0.25, -0.2) is 9.59 Å². The van der Waals surface area contributed by atoms with E-state index in [2.05, 4.69) is 24.3 Å². The number of methoxy groups -OCH3 is 2. The minimum Gasteiger partial charge on any atom is -0.493 e. The van der Waals surface area contributed by atoms with Gasteiger partial charge in [0.15, 0.2) is 23.0 Å². The zero-order chi connectivity index (χ0) is 33.3. The second-order valence-corrected chi connectivity index (χ2v) is 13.4. The van der Waals surface area contributed by atoms with Crippen molar-refractivity contribution < 1.29 is 38.7 Å². The summed E-state index contributed by atoms with van der Waals surface area (Å²) < 4.78 is 23.2. The van der Waals surface area contributed by atoms with Crippen LogP contribution in [-0.4, -0.2) is 48.6 Å². The van der Waals surface area contributed by atoms with Crippen molar-refractivity contribution in [1.29, 1.82) is 0 Å². The highest BCUT2D eigenvalue weighted by molar-refractivity contribution is 5.87. The monoisotopic (exact) mass is 646 g/mol. The van der Waals surface area contributed by atoms with Crippen LogP contribution in [-0.2, 0) is 9.59 Å². The van der Waals surface area contributed by atoms with Gasteiger partial charge in [-0.2, -0.15) is 0 Å². The Bertz CT molecular complexity index is 1460. The van der Waals surface area contributed by atoms with Crippen LogP contribution < -0.4 is 18.9 Å². The molecule has 8 nitrogen and oxygen atoms in total. The van der Waals surface area contributed by atoms with Crippen LogP contribution in [0, 0.1) is 0 Å². The predicted molar refractivity (Wildman–Crippen MR) is 181 cm³/mol. The first-order valence-electron chi connectivity index (χ1n) is 17.3. The van der Waals surface area contributed by atoms with E-state index in [1.165, 1.54) is 42.9 Å². The molecule has 2 N–H and O–H groups in total. The first kappa shape index (κ1) is 34.4. The maximum absolute atomic E-state index is 11.2. The summed E-state index contributed by atoms with van der Waals surface area (Å²) in [5.41, 5.74) is 5.04. The summed E-state index contributed by atoms with van der Waals surface area (Å²) in [5.74, 6) is 2.30. The Kier molecular flexibility index (Phi) is 11.9. The maximum atomic E-state index is 11.2. The minimum absolute atomic E-state index is 0.294. The van der Waals surface area contributed by atoms with Gasteiger partial charge in [0.1, 0.15) is 0 Å². The first-order valence-corrected chi connectivity index (χ1v) is 17.3. The molecule has 0 bridgehead atoms. The van der Waals surface area contributed by atoms with Crippen LogP contribution in [0.1, 0.15) is 120 Å². The minimum atomic E-state index is -0.847. The van der Waals surface area contributed by atoms with Crippen molar-refractivity contribution in [2.75, 3.05) is 14.2 Å². The third kappa shape index (κ3) is 9.11. The highest BCUT2D eigenvalue weighted by Gasteiger charge is 2.27. The molecule has 254 valence electrons. The van der Waals surface area contributed by atoms with E-state index in [1.807, 2.05) is 12.1 Å². The number of aliphatic carboxylic acids is 2. The third-order valence-corrected chi connectivity index (χ3v) is 10.3. The quantitative estimate of drug-likeness (QED) is 0.246. The van der Waals surface area contributed by atoms with E-state index in [4.69, 9.17) is 24.1 Å². The molecule has 4 saturated carbocycles. The molecule has 6 rings (SSSR count). The van der Waals surface area contributed by atoms with E-state index < -0.39 is 11.9 Å². The Morgan fingerprint density at radius 1 is 0.681 bits per heavy atom. The Morgan fingerprint density at radius 3 is 1.64 bits per heavy atom. The predicted octanol–water partition coefficient (Wildman–Crippen LogP) is 8.98. The van der Waals surface area contributed by atoms with Crippen LogP contribution in [0.5, 0.6) is 23.0 Å². The number of ether oxygens (including phenoxy) is 4. The van der Waals surface area contributed by atoms with E-state index in [0.717, 1.165) is 98.4 Å². The smallest absolute Gasteiger partial charge is 0.331 e. The molecule has 0 aromatic heterocycles. The van der Waals surface area contributed by atoms with E-state index in [0.29, 0.717) is 29.6 Å². The molecule has 0 aliphatic heterocycles. The fourth-order valence-electron chi connectivity index (χ4n) is 7.55. The Labute approximate surface area is 278 Å². The lowest BCUT2D eigenvalue weighted by Gasteiger charge is -2.18. The van der Waals surface area contributed by atoms with Crippen molar-refractivity contribution >= 4 is 11.9 Å². The molecular weight excluding hydrogens is 596 g/mol. The molecule has 0 saturated heterocycles. The zero-order valence-corrected chi connectivity index (χ0v) is 28.1. The lowest BCUT2D eigenvalue weighted by molar-refractivity contribution is -0.133. The van der Waals surface area contributed by atoms with Crippen molar-refractivity contribution in [3.05, 3.63) is 70.3 Å². The average Bonchev–Trinajstić information content (AvgIpc) is 3.90. The Morgan fingerprint density at radius 2 is 1.17 bits per heavy atom. The lowest BCUT2D eigenvalue weighted by atomic mass is 9.96. The molecular formula is C39H50O8. The molecule has 8 heteroatoms. The van der Waals surface area contributed by atoms with Crippen molar-refractivity contribution in [1.82, 2.24) is 0 Å². The van der Waals surface area contributed by atoms with Gasteiger partial charge in [-0.15, -0.1) is 0 Å². The van der Waals surface area contributed by atoms with Gasteiger partial charge in [-0.3, -0.25) is 0 Å². The molecule has 0 spiro atoms. The van der Waals surface area contributed by atoms with Crippen LogP contribution >= 0.6 is 0 Å². The van der Waals surface area contributed by atoms with E-state index >= 15 is 0 Å². The summed E-state index contributed by atoms with van der Waals surface area (Å²) in [6.45, 7) is 1.71. The summed E-state index contributed by atoms with van der Waals surface area (Å²) in [6, 6.07) is 12.3. The second kappa shape index (κ2) is 16.2. The number of carbonyl (C=O) groups is 2. The Hall–Kier alpha value is -3.94. The van der Waals surface area contributed by atoms with Crippen molar-refractivity contribution in [3.8, 4) is 23.0 Å². The highest BCUT2D eigenvalue weighted by Crippen LogP contribution is 2.43. The zero-order valence-electron chi connectivity index (χ0n) is 28.1. The summed E-state index contributed by atoms with van der Waals surface area (Å²) in [5, 5.41) is 18.1. The van der Waals surface area contributed by atoms with Crippen LogP contribution in [0.4, 0.5) is 0 Å². The molecule has 2 aromatic rings. The van der Waals surface area contributed by atoms with E-state index in [9.17, 15) is 14.7 Å². The van der Waals surface area contributed by atoms with E-state index in [1.54, 1.807) is 21.1 Å². The lowest BCUT2D eigenvalue weighted by Crippen LogP contribution is -2.12. The summed E-state index contributed by atoms with van der Waals surface area (Å²) in [7, 11) is 3.34. The second-order valence-electron chi connectivity index (χ2n) is 13.4. The molecule has 4 aliphatic carbocycles. The van der Waals surface area contributed by atoms with Gasteiger partial charge in [0.25, 0.3) is 0 Å². The van der Waals surface area contributed by atoms with Crippen LogP contribution in [0.3, 0.4) is 0 Å². The Balaban J connectivity index is 0.000000185. The van der Waals surface area contributed by atoms with Crippen LogP contribution in [0.2, 0.25) is 0 Å². The van der Waals surface area contributed by atoms with Gasteiger partial charge in [-0.1, -0.05) is 23.3 Å². The molecule has 0 radical (unpaired) electrons. The number of rotatable bonds is 10. The summed E-state index contributed by atoms with van der Waals surface area (Å²) >= 11 is 0. The molecule has 4 aliphatic rings. The molecule has 2 atom stereocenters. The SMILES string of the molecule is COc1ccc(C2CCC(=C(C)C(=O)O)C2)cc1OC1CCCC1.COc1ccc(C2CCC(=CC(=O)O)C2)cc1OC1CCCC1. The first-order chi connectivity index (χ1) is 22.7. The summed E-state index contributed by atoms with van der Waals surface area (Å²) in [6.07, 6.45) is 16.7. The number of benzene rings is 2. The molecule has 0 amide bonds. The van der Waals surface area contributed by atoms with Crippen LogP contribution in [0.15, 0.2) is 59.2 Å². The maximum Gasteiger partial charge on any atom is 0.331 e. The number of allylic oxidation sites excluding steroid dienone is 2. The standard InChI is InChI=1S/C20H26O4.C19H24O4/c1-13(20(21)22)14-7-8-15(11-14)16-9-10-18(23-2)19(12-16)24-17-5-3-4-6-17;1-22-17-9-8-15(12-18(17)23-16-4-2-3-5-16)14-7-6-13(10-14)11-19(20)21/h9-10,12,15,17H,3-8,11H2,1-2H3,(H,21,22);8-9,11-12,14,16H,2-7,10H2,1H3,(H,20,21). The van der Waals surface area contributed by atoms with Crippen molar-refractivity contribution in [3.63, 3.8) is 0 Å². The van der Waals surface area contributed by atoms with Gasteiger partial charge in [0.05, 0.1) is 26.4 Å². The third-order valence-electron chi connectivity index (χ3n) is 10.3. The number of hydrogen-bond donors (Lipinski definition) is 2. The van der Waals surface area contributed by atoms with Gasteiger partial charge in [0.2, 0.25) is 0 Å². The summed E-state index contributed by atoms with van der Waals surface area (Å²) in [4.78, 5) is 22.0. The van der Waals surface area contributed by atoms with Crippen molar-refractivity contribution in [2.24, 2.45) is 0 Å². The van der Waals surface area contributed by atoms with Gasteiger partial charge in [-0.05, 0) is 144 Å². The molecule has 47 heavy (non-hydrogen) atoms. The number of carboxylic acids is 2. The molecule has 2 unspecified atom stereocenters. The van der Waals surface area contributed by atoms with Crippen LogP contribution in [0.25, 0.3) is 0 Å². The highest BCUT2D eigenvalue weighted by atomic mass is 16.5. The largest absolute Gasteiger partial charge is 0.493 e. The van der Waals surface area contributed by atoms with Gasteiger partial charge < -0.3 is 29.2 Å². The van der Waals surface area contributed by atoms with Gasteiger partial charge in [0, 0.05) is 11.6 Å². The fraction of sp³-hybridized carbons (Fsp3) is 0.538. The van der Waals surface area contributed by atoms with Gasteiger partial charge >= 0.3 is 11.9 Å². The van der Waals surface area contributed by atoms with Crippen molar-refractivity contribution in [2.45, 2.75) is 121 Å². The van der Waals surface area contributed by atoms with E-state index in [-0.39, 0.29) is 0 Å². The number of carboxylic acid groups (broad SMARTS) is 2. The molecule has 0 heterocycles. The normalized spacial score (nSPS) is 23.3. The molecule has 4 fully saturated rings. The molecule has 2 aromatic carbocycles. The fourth-order valence-corrected chi connectivity index (χ4v) is 7.55.